The van der Waals surface area contributed by atoms with Crippen LogP contribution in [0.3, 0.4) is 0 Å². The summed E-state index contributed by atoms with van der Waals surface area (Å²) in [5.41, 5.74) is 1.76. The van der Waals surface area contributed by atoms with Crippen LogP contribution in [0.5, 0.6) is 0 Å². The Labute approximate surface area is 126 Å². The lowest BCUT2D eigenvalue weighted by atomic mass is 10.2. The van der Waals surface area contributed by atoms with Crippen LogP contribution in [-0.2, 0) is 6.54 Å². The maximum atomic E-state index is 11.8. The first-order valence-corrected chi connectivity index (χ1v) is 7.37. The number of hydrogen-bond donors (Lipinski definition) is 2. The summed E-state index contributed by atoms with van der Waals surface area (Å²) in [7, 11) is 0. The minimum absolute atomic E-state index is 0.122. The van der Waals surface area contributed by atoms with Crippen molar-refractivity contribution < 1.29 is 4.79 Å². The maximum Gasteiger partial charge on any atom is 0.315 e. The van der Waals surface area contributed by atoms with Crippen LogP contribution < -0.4 is 10.6 Å². The number of pyridine rings is 1. The normalized spacial score (nSPS) is 11.9. The lowest BCUT2D eigenvalue weighted by molar-refractivity contribution is 0.237. The van der Waals surface area contributed by atoms with Gasteiger partial charge in [-0.05, 0) is 25.5 Å². The van der Waals surface area contributed by atoms with E-state index in [1.807, 2.05) is 25.3 Å². The molecule has 2 amide bonds. The first kappa shape index (κ1) is 14.7. The second kappa shape index (κ2) is 6.67. The van der Waals surface area contributed by atoms with Crippen LogP contribution in [0.25, 0.3) is 0 Å². The number of aryl methyl sites for hydroxylation is 1. The van der Waals surface area contributed by atoms with Crippen molar-refractivity contribution in [3.63, 3.8) is 0 Å². The number of carbonyl (C=O) groups excluding carboxylic acids is 1. The van der Waals surface area contributed by atoms with Crippen molar-refractivity contribution in [3.05, 3.63) is 45.1 Å². The number of nitrogens with one attached hydrogen (secondary N) is 2. The monoisotopic (exact) mass is 310 g/mol. The molecule has 2 heterocycles. The molecule has 0 radical (unpaired) electrons. The fraction of sp³-hybridized carbons (Fsp3) is 0.308. The van der Waals surface area contributed by atoms with Gasteiger partial charge in [-0.2, -0.15) is 0 Å². The van der Waals surface area contributed by atoms with E-state index in [0.29, 0.717) is 11.7 Å². The fourth-order valence-electron chi connectivity index (χ4n) is 1.59. The van der Waals surface area contributed by atoms with E-state index in [1.165, 1.54) is 0 Å². The molecular formula is C13H15ClN4OS. The molecule has 2 rings (SSSR count). The molecule has 0 saturated heterocycles. The van der Waals surface area contributed by atoms with E-state index in [4.69, 9.17) is 11.6 Å². The molecule has 1 atom stereocenters. The third kappa shape index (κ3) is 4.18. The highest BCUT2D eigenvalue weighted by molar-refractivity contribution is 7.09. The molecule has 5 nitrogen and oxygen atoms in total. The SMILES string of the molecule is Cc1nc([C@H](C)NC(=O)NCc2ccc(Cl)nc2)cs1. The maximum absolute atomic E-state index is 11.8. The summed E-state index contributed by atoms with van der Waals surface area (Å²) >= 11 is 7.26. The summed E-state index contributed by atoms with van der Waals surface area (Å²) in [6, 6.07) is 3.15. The van der Waals surface area contributed by atoms with Crippen molar-refractivity contribution in [1.82, 2.24) is 20.6 Å². The topological polar surface area (TPSA) is 66.9 Å². The number of thiazole rings is 1. The van der Waals surface area contributed by atoms with Gasteiger partial charge in [0.05, 0.1) is 16.7 Å². The van der Waals surface area contributed by atoms with Gasteiger partial charge in [-0.1, -0.05) is 17.7 Å². The van der Waals surface area contributed by atoms with Crippen LogP contribution in [-0.4, -0.2) is 16.0 Å². The standard InChI is InChI=1S/C13H15ClN4OS/c1-8(11-7-20-9(2)18-11)17-13(19)16-6-10-3-4-12(14)15-5-10/h3-5,7-8H,6H2,1-2H3,(H2,16,17,19)/t8-/m0/s1. The number of urea groups is 1. The van der Waals surface area contributed by atoms with Crippen molar-refractivity contribution >= 4 is 29.0 Å². The highest BCUT2D eigenvalue weighted by atomic mass is 35.5. The number of halogens is 1. The number of nitrogens with zero attached hydrogens (tertiary/aromatic N) is 2. The van der Waals surface area contributed by atoms with Gasteiger partial charge in [0.1, 0.15) is 5.15 Å². The van der Waals surface area contributed by atoms with E-state index in [1.54, 1.807) is 23.6 Å². The molecule has 106 valence electrons. The Morgan fingerprint density at radius 2 is 2.30 bits per heavy atom. The average Bonchev–Trinajstić information content (AvgIpc) is 2.85. The molecule has 0 fully saturated rings. The molecule has 0 aromatic carbocycles. The van der Waals surface area contributed by atoms with Gasteiger partial charge in [-0.15, -0.1) is 11.3 Å². The van der Waals surface area contributed by atoms with Gasteiger partial charge >= 0.3 is 6.03 Å². The Balaban J connectivity index is 1.82. The average molecular weight is 311 g/mol. The molecule has 20 heavy (non-hydrogen) atoms. The van der Waals surface area contributed by atoms with E-state index in [-0.39, 0.29) is 12.1 Å². The van der Waals surface area contributed by atoms with E-state index >= 15 is 0 Å². The first-order chi connectivity index (χ1) is 9.54. The first-order valence-electron chi connectivity index (χ1n) is 6.11. The lowest BCUT2D eigenvalue weighted by Gasteiger charge is -2.12. The molecule has 0 unspecified atom stereocenters. The Morgan fingerprint density at radius 1 is 1.50 bits per heavy atom. The fourth-order valence-corrected chi connectivity index (χ4v) is 2.41. The highest BCUT2D eigenvalue weighted by Crippen LogP contribution is 2.15. The van der Waals surface area contributed by atoms with Crippen LogP contribution in [0.15, 0.2) is 23.7 Å². The van der Waals surface area contributed by atoms with Gasteiger partial charge in [-0.3, -0.25) is 0 Å². The molecule has 0 aliphatic carbocycles. The summed E-state index contributed by atoms with van der Waals surface area (Å²) in [6.45, 7) is 4.24. The van der Waals surface area contributed by atoms with E-state index in [2.05, 4.69) is 20.6 Å². The zero-order valence-corrected chi connectivity index (χ0v) is 12.8. The zero-order valence-electron chi connectivity index (χ0n) is 11.2. The summed E-state index contributed by atoms with van der Waals surface area (Å²) in [5, 5.41) is 8.98. The Hall–Kier alpha value is -1.66. The van der Waals surface area contributed by atoms with Crippen LogP contribution in [0.4, 0.5) is 4.79 Å². The van der Waals surface area contributed by atoms with Crippen molar-refractivity contribution in [1.29, 1.82) is 0 Å². The van der Waals surface area contributed by atoms with Gasteiger partial charge in [-0.25, -0.2) is 14.8 Å². The number of carbonyl (C=O) groups is 1. The number of rotatable bonds is 4. The molecule has 2 aromatic heterocycles. The predicted octanol–water partition coefficient (Wildman–Crippen LogP) is 3.06. The quantitative estimate of drug-likeness (QED) is 0.853. The van der Waals surface area contributed by atoms with Crippen molar-refractivity contribution in [2.24, 2.45) is 0 Å². The van der Waals surface area contributed by atoms with Crippen LogP contribution in [0.2, 0.25) is 5.15 Å². The molecular weight excluding hydrogens is 296 g/mol. The number of hydrogen-bond acceptors (Lipinski definition) is 4. The minimum Gasteiger partial charge on any atom is -0.334 e. The Morgan fingerprint density at radius 3 is 2.90 bits per heavy atom. The minimum atomic E-state index is -0.238. The highest BCUT2D eigenvalue weighted by Gasteiger charge is 2.11. The van der Waals surface area contributed by atoms with Crippen molar-refractivity contribution in [3.8, 4) is 0 Å². The summed E-state index contributed by atoms with van der Waals surface area (Å²) in [4.78, 5) is 20.1. The van der Waals surface area contributed by atoms with E-state index in [0.717, 1.165) is 16.3 Å². The molecule has 2 N–H and O–H groups in total. The van der Waals surface area contributed by atoms with Gasteiger partial charge in [0.25, 0.3) is 0 Å². The van der Waals surface area contributed by atoms with Gasteiger partial charge in [0.2, 0.25) is 0 Å². The molecule has 0 aliphatic rings. The Bertz CT molecular complexity index is 584. The smallest absolute Gasteiger partial charge is 0.315 e. The van der Waals surface area contributed by atoms with Crippen LogP contribution in [0, 0.1) is 6.92 Å². The number of amides is 2. The molecule has 0 aliphatic heterocycles. The third-order valence-electron chi connectivity index (χ3n) is 2.67. The Kier molecular flexibility index (Phi) is 4.92. The molecule has 2 aromatic rings. The van der Waals surface area contributed by atoms with Gasteiger partial charge < -0.3 is 10.6 Å². The summed E-state index contributed by atoms with van der Waals surface area (Å²) < 4.78 is 0. The second-order valence-electron chi connectivity index (χ2n) is 4.33. The van der Waals surface area contributed by atoms with E-state index in [9.17, 15) is 4.79 Å². The largest absolute Gasteiger partial charge is 0.334 e. The van der Waals surface area contributed by atoms with Crippen molar-refractivity contribution in [2.75, 3.05) is 0 Å². The van der Waals surface area contributed by atoms with Crippen LogP contribution >= 0.6 is 22.9 Å². The number of aromatic nitrogens is 2. The molecule has 0 spiro atoms. The summed E-state index contributed by atoms with van der Waals surface area (Å²) in [6.07, 6.45) is 1.63. The molecule has 0 bridgehead atoms. The van der Waals surface area contributed by atoms with E-state index < -0.39 is 0 Å². The third-order valence-corrected chi connectivity index (χ3v) is 3.69. The van der Waals surface area contributed by atoms with Gasteiger partial charge in [0, 0.05) is 18.1 Å². The summed E-state index contributed by atoms with van der Waals surface area (Å²) in [5.74, 6) is 0. The van der Waals surface area contributed by atoms with Gasteiger partial charge in [0.15, 0.2) is 0 Å². The van der Waals surface area contributed by atoms with Crippen molar-refractivity contribution in [2.45, 2.75) is 26.4 Å². The molecule has 7 heteroatoms. The molecule has 0 saturated carbocycles. The van der Waals surface area contributed by atoms with Crippen LogP contribution in [0.1, 0.15) is 29.2 Å². The zero-order chi connectivity index (χ0) is 14.5. The lowest BCUT2D eigenvalue weighted by Crippen LogP contribution is -2.36. The predicted molar refractivity (Wildman–Crippen MR) is 79.9 cm³/mol. The second-order valence-corrected chi connectivity index (χ2v) is 5.78.